The summed E-state index contributed by atoms with van der Waals surface area (Å²) in [6.45, 7) is 4.33. The standard InChI is InChI=1S/C23H28F2N4O4S.C2H6/c24-23(25)33-17-6-3-15(11-18(17)31-13-14-1-2-14)21-27-20(19(12-26)32-21)22(30)28-7-9-29(10-8-28)34-16-4-5-16;1-2/h3,6,11,14,16,23H,1-2,4-5,7-10,12-13,26H2;1-2H3. The predicted octanol–water partition coefficient (Wildman–Crippen LogP) is 4.79. The van der Waals surface area contributed by atoms with Gasteiger partial charge in [0, 0.05) is 37.0 Å². The van der Waals surface area contributed by atoms with Crippen molar-refractivity contribution in [1.29, 1.82) is 0 Å². The highest BCUT2D eigenvalue weighted by Gasteiger charge is 2.31. The first-order chi connectivity index (χ1) is 17.5. The van der Waals surface area contributed by atoms with Gasteiger partial charge in [0.25, 0.3) is 5.91 Å². The molecule has 0 unspecified atom stereocenters. The second-order valence-electron chi connectivity index (χ2n) is 8.82. The number of alkyl halides is 2. The molecule has 11 heteroatoms. The summed E-state index contributed by atoms with van der Waals surface area (Å²) < 4.78 is 44.1. The Bertz CT molecular complexity index is 1020. The number of rotatable bonds is 10. The van der Waals surface area contributed by atoms with E-state index in [2.05, 4.69) is 14.0 Å². The normalized spacial score (nSPS) is 18.1. The minimum Gasteiger partial charge on any atom is -0.489 e. The van der Waals surface area contributed by atoms with Crippen LogP contribution >= 0.6 is 11.9 Å². The van der Waals surface area contributed by atoms with Gasteiger partial charge >= 0.3 is 6.61 Å². The first-order valence-corrected chi connectivity index (χ1v) is 13.5. The van der Waals surface area contributed by atoms with Gasteiger partial charge in [-0.1, -0.05) is 25.8 Å². The molecule has 1 aromatic heterocycles. The largest absolute Gasteiger partial charge is 0.489 e. The van der Waals surface area contributed by atoms with Crippen LogP contribution in [0.1, 0.15) is 55.8 Å². The van der Waals surface area contributed by atoms with Crippen LogP contribution in [0.2, 0.25) is 0 Å². The Kier molecular flexibility index (Phi) is 9.08. The van der Waals surface area contributed by atoms with Crippen LogP contribution in [0.25, 0.3) is 11.5 Å². The number of amides is 1. The average Bonchev–Trinajstić information content (AvgIpc) is 3.83. The minimum absolute atomic E-state index is 0.0170. The third-order valence-electron chi connectivity index (χ3n) is 6.01. The number of benzene rings is 1. The van der Waals surface area contributed by atoms with Crippen LogP contribution in [0, 0.1) is 5.92 Å². The van der Waals surface area contributed by atoms with Crippen molar-refractivity contribution in [3.8, 4) is 23.0 Å². The zero-order valence-electron chi connectivity index (χ0n) is 20.8. The third-order valence-corrected chi connectivity index (χ3v) is 7.44. The van der Waals surface area contributed by atoms with E-state index in [0.29, 0.717) is 36.9 Å². The molecule has 2 heterocycles. The van der Waals surface area contributed by atoms with E-state index < -0.39 is 6.61 Å². The number of hydrogen-bond donors (Lipinski definition) is 1. The van der Waals surface area contributed by atoms with E-state index in [-0.39, 0.29) is 35.5 Å². The van der Waals surface area contributed by atoms with Gasteiger partial charge < -0.3 is 24.5 Å². The molecule has 0 bridgehead atoms. The number of hydrogen-bond acceptors (Lipinski definition) is 8. The molecule has 2 saturated carbocycles. The highest BCUT2D eigenvalue weighted by molar-refractivity contribution is 7.97. The SMILES string of the molecule is CC.NCc1oc(-c2ccc(OC(F)F)c(OCC3CC3)c2)nc1C(=O)N1CCN(SC2CC2)CC1. The van der Waals surface area contributed by atoms with Crippen LogP contribution in [0.5, 0.6) is 11.5 Å². The molecule has 8 nitrogen and oxygen atoms in total. The predicted molar refractivity (Wildman–Crippen MR) is 134 cm³/mol. The molecule has 1 saturated heterocycles. The minimum atomic E-state index is -2.97. The fourth-order valence-electron chi connectivity index (χ4n) is 3.75. The van der Waals surface area contributed by atoms with Crippen LogP contribution < -0.4 is 15.2 Å². The summed E-state index contributed by atoms with van der Waals surface area (Å²) in [4.78, 5) is 19.4. The second kappa shape index (κ2) is 12.2. The number of aromatic nitrogens is 1. The number of ether oxygens (including phenoxy) is 2. The Morgan fingerprint density at radius 2 is 1.89 bits per heavy atom. The zero-order valence-corrected chi connectivity index (χ0v) is 21.6. The first kappa shape index (κ1) is 26.7. The quantitative estimate of drug-likeness (QED) is 0.444. The van der Waals surface area contributed by atoms with Crippen molar-refractivity contribution in [2.45, 2.75) is 57.9 Å². The Balaban J connectivity index is 0.00000148. The van der Waals surface area contributed by atoms with E-state index in [9.17, 15) is 13.6 Å². The maximum Gasteiger partial charge on any atom is 0.387 e. The fraction of sp³-hybridized carbons (Fsp3) is 0.600. The summed E-state index contributed by atoms with van der Waals surface area (Å²) in [5.74, 6) is 0.836. The molecule has 2 aromatic rings. The number of nitrogens with two attached hydrogens (primary N) is 1. The highest BCUT2D eigenvalue weighted by atomic mass is 32.2. The van der Waals surface area contributed by atoms with Crippen molar-refractivity contribution >= 4 is 17.9 Å². The average molecular weight is 525 g/mol. The van der Waals surface area contributed by atoms with Crippen molar-refractivity contribution in [3.63, 3.8) is 0 Å². The number of carbonyl (C=O) groups excluding carboxylic acids is 1. The molecule has 0 spiro atoms. The van der Waals surface area contributed by atoms with E-state index >= 15 is 0 Å². The molecule has 0 atom stereocenters. The monoisotopic (exact) mass is 524 g/mol. The number of carbonyl (C=O) groups is 1. The molecule has 2 aliphatic carbocycles. The van der Waals surface area contributed by atoms with Gasteiger partial charge in [0.05, 0.1) is 13.2 Å². The lowest BCUT2D eigenvalue weighted by Crippen LogP contribution is -2.46. The summed E-state index contributed by atoms with van der Waals surface area (Å²) in [5.41, 5.74) is 6.53. The molecule has 3 fully saturated rings. The van der Waals surface area contributed by atoms with Crippen LogP contribution in [-0.4, -0.2) is 64.7 Å². The van der Waals surface area contributed by atoms with Crippen molar-refractivity contribution in [3.05, 3.63) is 29.7 Å². The first-order valence-electron chi connectivity index (χ1n) is 12.6. The fourth-order valence-corrected chi connectivity index (χ4v) is 4.89. The summed E-state index contributed by atoms with van der Waals surface area (Å²) in [6, 6.07) is 4.50. The molecule has 2 N–H and O–H groups in total. The van der Waals surface area contributed by atoms with E-state index in [0.717, 1.165) is 31.2 Å². The smallest absolute Gasteiger partial charge is 0.387 e. The Hall–Kier alpha value is -2.37. The molecule has 5 rings (SSSR count). The highest BCUT2D eigenvalue weighted by Crippen LogP contribution is 2.38. The summed E-state index contributed by atoms with van der Waals surface area (Å²) in [7, 11) is 0. The maximum atomic E-state index is 13.2. The molecular weight excluding hydrogens is 490 g/mol. The van der Waals surface area contributed by atoms with Gasteiger partial charge in [-0.2, -0.15) is 8.78 Å². The number of piperazine rings is 1. The number of oxazole rings is 1. The van der Waals surface area contributed by atoms with Gasteiger partial charge in [0.15, 0.2) is 23.0 Å². The molecule has 3 aliphatic rings. The van der Waals surface area contributed by atoms with Crippen molar-refractivity contribution < 1.29 is 27.5 Å². The molecule has 0 radical (unpaired) electrons. The van der Waals surface area contributed by atoms with Gasteiger partial charge in [-0.15, -0.1) is 0 Å². The molecule has 198 valence electrons. The molecule has 1 aliphatic heterocycles. The molecule has 1 amide bonds. The van der Waals surface area contributed by atoms with E-state index in [1.807, 2.05) is 25.8 Å². The van der Waals surface area contributed by atoms with Crippen LogP contribution in [0.3, 0.4) is 0 Å². The summed E-state index contributed by atoms with van der Waals surface area (Å²) in [6.07, 6.45) is 4.66. The number of halogens is 2. The van der Waals surface area contributed by atoms with Crippen molar-refractivity contribution in [1.82, 2.24) is 14.2 Å². The lowest BCUT2D eigenvalue weighted by molar-refractivity contribution is -0.0515. The maximum absolute atomic E-state index is 13.2. The Labute approximate surface area is 214 Å². The topological polar surface area (TPSA) is 94.1 Å². The summed E-state index contributed by atoms with van der Waals surface area (Å²) >= 11 is 1.89. The molecular formula is C25H34F2N4O4S. The Morgan fingerprint density at radius 3 is 2.50 bits per heavy atom. The van der Waals surface area contributed by atoms with E-state index in [1.165, 1.54) is 18.9 Å². The van der Waals surface area contributed by atoms with E-state index in [4.69, 9.17) is 14.9 Å². The second-order valence-corrected chi connectivity index (χ2v) is 10.2. The number of nitrogens with zero attached hydrogens (tertiary/aromatic N) is 3. The summed E-state index contributed by atoms with van der Waals surface area (Å²) in [5, 5.41) is 0.736. The molecule has 36 heavy (non-hydrogen) atoms. The Morgan fingerprint density at radius 1 is 1.17 bits per heavy atom. The van der Waals surface area contributed by atoms with Gasteiger partial charge in [0.2, 0.25) is 5.89 Å². The van der Waals surface area contributed by atoms with Gasteiger partial charge in [-0.25, -0.2) is 9.29 Å². The third kappa shape index (κ3) is 6.89. The van der Waals surface area contributed by atoms with Gasteiger partial charge in [-0.05, 0) is 49.8 Å². The van der Waals surface area contributed by atoms with Crippen LogP contribution in [-0.2, 0) is 6.54 Å². The van der Waals surface area contributed by atoms with Crippen molar-refractivity contribution in [2.24, 2.45) is 11.7 Å². The van der Waals surface area contributed by atoms with Crippen LogP contribution in [0.15, 0.2) is 22.6 Å². The van der Waals surface area contributed by atoms with Gasteiger partial charge in [0.1, 0.15) is 0 Å². The van der Waals surface area contributed by atoms with Gasteiger partial charge in [-0.3, -0.25) is 4.79 Å². The lowest BCUT2D eigenvalue weighted by Gasteiger charge is -2.33. The van der Waals surface area contributed by atoms with E-state index in [1.54, 1.807) is 17.0 Å². The zero-order chi connectivity index (χ0) is 25.7. The van der Waals surface area contributed by atoms with Crippen molar-refractivity contribution in [2.75, 3.05) is 32.8 Å². The lowest BCUT2D eigenvalue weighted by atomic mass is 10.2. The molecule has 1 aromatic carbocycles. The van der Waals surface area contributed by atoms with Crippen LogP contribution in [0.4, 0.5) is 8.78 Å².